The molecule has 0 heterocycles. The van der Waals surface area contributed by atoms with Gasteiger partial charge < -0.3 is 5.73 Å². The van der Waals surface area contributed by atoms with E-state index in [0.717, 1.165) is 6.07 Å². The van der Waals surface area contributed by atoms with E-state index in [9.17, 15) is 20.2 Å². The van der Waals surface area contributed by atoms with E-state index in [1.165, 1.54) is 19.1 Å². The highest BCUT2D eigenvalue weighted by atomic mass is 17.0. The van der Waals surface area contributed by atoms with Crippen molar-refractivity contribution < 1.29 is 14.9 Å². The molecule has 0 atom stereocenters. The molecule has 18 heavy (non-hydrogen) atoms. The maximum atomic E-state index is 10.6. The molecule has 1 aromatic rings. The fourth-order valence-electron chi connectivity index (χ4n) is 1.21. The largest absolute Gasteiger partial charge is 0.368 e. The zero-order chi connectivity index (χ0) is 13.9. The minimum absolute atomic E-state index is 0.0478. The SMILES string of the molecule is Cc1ccc([N+](=O)[O-])cc1N(O[N+](=O)[O-])C(=N)N. The van der Waals surface area contributed by atoms with Gasteiger partial charge >= 0.3 is 5.09 Å². The monoisotopic (exact) mass is 255 g/mol. The summed E-state index contributed by atoms with van der Waals surface area (Å²) in [6.45, 7) is 1.54. The fourth-order valence-corrected chi connectivity index (χ4v) is 1.21. The molecule has 3 N–H and O–H groups in total. The van der Waals surface area contributed by atoms with Crippen LogP contribution in [0.3, 0.4) is 0 Å². The van der Waals surface area contributed by atoms with Crippen LogP contribution in [0.15, 0.2) is 18.2 Å². The van der Waals surface area contributed by atoms with Gasteiger partial charge in [0.25, 0.3) is 5.69 Å². The summed E-state index contributed by atoms with van der Waals surface area (Å²) in [5, 5.41) is 27.3. The summed E-state index contributed by atoms with van der Waals surface area (Å²) in [7, 11) is 0. The van der Waals surface area contributed by atoms with Crippen LogP contribution in [0.1, 0.15) is 5.56 Å². The van der Waals surface area contributed by atoms with E-state index >= 15 is 0 Å². The van der Waals surface area contributed by atoms with Gasteiger partial charge in [-0.3, -0.25) is 15.5 Å². The zero-order valence-corrected chi connectivity index (χ0v) is 9.19. The van der Waals surface area contributed by atoms with Crippen LogP contribution in [0.4, 0.5) is 11.4 Å². The molecule has 0 saturated carbocycles. The van der Waals surface area contributed by atoms with Crippen molar-refractivity contribution in [3.63, 3.8) is 0 Å². The van der Waals surface area contributed by atoms with Gasteiger partial charge in [0.1, 0.15) is 0 Å². The number of guanidine groups is 1. The van der Waals surface area contributed by atoms with Crippen molar-refractivity contribution in [2.24, 2.45) is 5.73 Å². The fraction of sp³-hybridized carbons (Fsp3) is 0.125. The van der Waals surface area contributed by atoms with Crippen molar-refractivity contribution >= 4 is 17.3 Å². The number of rotatable bonds is 4. The van der Waals surface area contributed by atoms with Crippen molar-refractivity contribution in [3.05, 3.63) is 44.0 Å². The molecule has 0 bridgehead atoms. The number of anilines is 1. The number of nitrogens with two attached hydrogens (primary N) is 1. The van der Waals surface area contributed by atoms with E-state index in [-0.39, 0.29) is 11.4 Å². The normalized spacial score (nSPS) is 9.61. The second-order valence-electron chi connectivity index (χ2n) is 3.21. The van der Waals surface area contributed by atoms with E-state index in [4.69, 9.17) is 11.1 Å². The molecule has 0 unspecified atom stereocenters. The van der Waals surface area contributed by atoms with E-state index < -0.39 is 16.0 Å². The van der Waals surface area contributed by atoms with Crippen LogP contribution >= 0.6 is 0 Å². The van der Waals surface area contributed by atoms with Crippen LogP contribution in [0, 0.1) is 32.6 Å². The molecule has 1 rings (SSSR count). The predicted molar refractivity (Wildman–Crippen MR) is 60.3 cm³/mol. The number of aryl methyl sites for hydroxylation is 1. The Morgan fingerprint density at radius 2 is 2.06 bits per heavy atom. The Kier molecular flexibility index (Phi) is 3.62. The van der Waals surface area contributed by atoms with E-state index in [0.29, 0.717) is 10.6 Å². The Hall–Kier alpha value is -2.91. The molecule has 0 saturated heterocycles. The van der Waals surface area contributed by atoms with Crippen molar-refractivity contribution in [1.82, 2.24) is 0 Å². The van der Waals surface area contributed by atoms with E-state index in [1.807, 2.05) is 0 Å². The molecule has 0 amide bonds. The molecule has 0 aliphatic carbocycles. The molecular formula is C8H9N5O5. The number of nitro benzene ring substituents is 1. The molecule has 0 aromatic heterocycles. The van der Waals surface area contributed by atoms with Crippen molar-refractivity contribution in [2.45, 2.75) is 6.92 Å². The Bertz CT molecular complexity index is 517. The lowest BCUT2D eigenvalue weighted by atomic mass is 10.2. The Morgan fingerprint density at radius 3 is 2.50 bits per heavy atom. The summed E-state index contributed by atoms with van der Waals surface area (Å²) in [5.41, 5.74) is 5.21. The number of hydrogen-bond acceptors (Lipinski definition) is 6. The van der Waals surface area contributed by atoms with Crippen molar-refractivity contribution in [3.8, 4) is 0 Å². The lowest BCUT2D eigenvalue weighted by Gasteiger charge is -2.19. The van der Waals surface area contributed by atoms with Crippen LogP contribution in [0.2, 0.25) is 0 Å². The first-order valence-electron chi connectivity index (χ1n) is 4.54. The second-order valence-corrected chi connectivity index (χ2v) is 3.21. The van der Waals surface area contributed by atoms with Gasteiger partial charge in [-0.25, -0.2) is 0 Å². The maximum absolute atomic E-state index is 10.6. The molecule has 0 spiro atoms. The summed E-state index contributed by atoms with van der Waals surface area (Å²) in [4.78, 5) is 24.3. The van der Waals surface area contributed by atoms with E-state index in [1.54, 1.807) is 0 Å². The zero-order valence-electron chi connectivity index (χ0n) is 9.19. The van der Waals surface area contributed by atoms with Crippen LogP contribution < -0.4 is 10.8 Å². The average Bonchev–Trinajstić information content (AvgIpc) is 2.26. The number of nitrogens with one attached hydrogen (secondary N) is 1. The molecule has 0 fully saturated rings. The summed E-state index contributed by atoms with van der Waals surface area (Å²) < 4.78 is 0. The third-order valence-electron chi connectivity index (χ3n) is 1.99. The highest BCUT2D eigenvalue weighted by molar-refractivity contribution is 5.91. The molecule has 10 nitrogen and oxygen atoms in total. The Balaban J connectivity index is 3.26. The number of non-ortho nitro benzene ring substituents is 1. The van der Waals surface area contributed by atoms with Gasteiger partial charge in [0.2, 0.25) is 5.96 Å². The summed E-state index contributed by atoms with van der Waals surface area (Å²) in [6, 6.07) is 3.62. The van der Waals surface area contributed by atoms with Gasteiger partial charge in [0.15, 0.2) is 0 Å². The number of nitrogens with zero attached hydrogens (tertiary/aromatic N) is 3. The van der Waals surface area contributed by atoms with E-state index in [2.05, 4.69) is 4.94 Å². The highest BCUT2D eigenvalue weighted by Gasteiger charge is 2.19. The van der Waals surface area contributed by atoms with Crippen LogP contribution in [-0.4, -0.2) is 16.0 Å². The summed E-state index contributed by atoms with van der Waals surface area (Å²) in [6.07, 6.45) is 0. The maximum Gasteiger partial charge on any atom is 0.317 e. The van der Waals surface area contributed by atoms with Gasteiger partial charge in [-0.1, -0.05) is 6.07 Å². The molecule has 1 aromatic carbocycles. The molecular weight excluding hydrogens is 246 g/mol. The van der Waals surface area contributed by atoms with Crippen LogP contribution in [0.5, 0.6) is 0 Å². The lowest BCUT2D eigenvalue weighted by molar-refractivity contribution is -0.758. The topological polar surface area (TPSA) is 149 Å². The Morgan fingerprint density at radius 1 is 1.44 bits per heavy atom. The smallest absolute Gasteiger partial charge is 0.317 e. The number of hydroxylamine groups is 1. The predicted octanol–water partition coefficient (Wildman–Crippen LogP) is 0.726. The quantitative estimate of drug-likeness (QED) is 0.348. The highest BCUT2D eigenvalue weighted by Crippen LogP contribution is 2.25. The number of hydrogen-bond donors (Lipinski definition) is 2. The van der Waals surface area contributed by atoms with Gasteiger partial charge in [-0.15, -0.1) is 15.2 Å². The van der Waals surface area contributed by atoms with Crippen LogP contribution in [0.25, 0.3) is 0 Å². The van der Waals surface area contributed by atoms with Crippen LogP contribution in [-0.2, 0) is 4.94 Å². The first-order valence-corrected chi connectivity index (χ1v) is 4.54. The molecule has 0 radical (unpaired) electrons. The minimum atomic E-state index is -1.17. The van der Waals surface area contributed by atoms with Gasteiger partial charge in [0.05, 0.1) is 10.6 Å². The van der Waals surface area contributed by atoms with Crippen molar-refractivity contribution in [2.75, 3.05) is 5.06 Å². The molecule has 10 heteroatoms. The third kappa shape index (κ3) is 2.81. The first-order chi connectivity index (χ1) is 8.32. The average molecular weight is 255 g/mol. The summed E-state index contributed by atoms with van der Waals surface area (Å²) in [5.74, 6) is -0.768. The number of nitro groups is 1. The second kappa shape index (κ2) is 4.95. The standard InChI is InChI=1S/C8H9N5O5/c1-5-2-3-6(12(14)15)4-7(5)11(8(9)10)18-13(16)17/h2-4H,1H3,(H3,9,10). The van der Waals surface area contributed by atoms with Gasteiger partial charge in [-0.05, 0) is 12.5 Å². The van der Waals surface area contributed by atoms with Crippen molar-refractivity contribution in [1.29, 1.82) is 5.41 Å². The summed E-state index contributed by atoms with van der Waals surface area (Å²) >= 11 is 0. The number of benzene rings is 1. The first kappa shape index (κ1) is 13.2. The molecule has 0 aliphatic heterocycles. The molecule has 96 valence electrons. The third-order valence-corrected chi connectivity index (χ3v) is 1.99. The van der Waals surface area contributed by atoms with Gasteiger partial charge in [0, 0.05) is 12.1 Å². The lowest BCUT2D eigenvalue weighted by Crippen LogP contribution is -2.38. The molecule has 0 aliphatic rings. The Labute approximate surface area is 100 Å². The van der Waals surface area contributed by atoms with Gasteiger partial charge in [-0.2, -0.15) is 4.94 Å². The minimum Gasteiger partial charge on any atom is -0.368 e.